The van der Waals surface area contributed by atoms with Crippen molar-refractivity contribution in [3.63, 3.8) is 0 Å². The molecule has 0 amide bonds. The zero-order valence-corrected chi connectivity index (χ0v) is 16.1. The summed E-state index contributed by atoms with van der Waals surface area (Å²) >= 11 is 12.5. The number of benzene rings is 2. The van der Waals surface area contributed by atoms with E-state index in [1.54, 1.807) is 12.1 Å². The summed E-state index contributed by atoms with van der Waals surface area (Å²) in [6.07, 6.45) is -0.356. The van der Waals surface area contributed by atoms with Crippen LogP contribution in [0.3, 0.4) is 0 Å². The second-order valence-electron chi connectivity index (χ2n) is 5.99. The summed E-state index contributed by atoms with van der Waals surface area (Å²) in [6.45, 7) is 3.82. The zero-order chi connectivity index (χ0) is 18.8. The van der Waals surface area contributed by atoms with Gasteiger partial charge in [0, 0.05) is 16.5 Å². The Bertz CT molecular complexity index is 797. The minimum absolute atomic E-state index is 0.0503. The largest absolute Gasteiger partial charge is 0.481 e. The summed E-state index contributed by atoms with van der Waals surface area (Å²) in [5, 5.41) is 0.618. The van der Waals surface area contributed by atoms with Gasteiger partial charge in [0.15, 0.2) is 6.35 Å². The molecule has 136 valence electrons. The smallest absolute Gasteiger partial charge is 0.362 e. The maximum atomic E-state index is 13.8. The average Bonchev–Trinajstić information content (AvgIpc) is 2.49. The van der Waals surface area contributed by atoms with Gasteiger partial charge in [-0.2, -0.15) is 0 Å². The third-order valence-corrected chi connectivity index (χ3v) is 4.72. The molecule has 2 rings (SSSR count). The Morgan fingerprint density at radius 1 is 1.16 bits per heavy atom. The van der Waals surface area contributed by atoms with Crippen LogP contribution in [0.5, 0.6) is 5.75 Å². The molecule has 0 aliphatic carbocycles. The van der Waals surface area contributed by atoms with E-state index in [2.05, 4.69) is 0 Å². The fourth-order valence-corrected chi connectivity index (χ4v) is 3.26. The Balaban J connectivity index is 2.26. The fraction of sp³-hybridized carbons (Fsp3) is 0.294. The molecule has 0 atom stereocenters. The van der Waals surface area contributed by atoms with Gasteiger partial charge >= 0.3 is 7.60 Å². The van der Waals surface area contributed by atoms with Crippen LogP contribution in [0.1, 0.15) is 36.5 Å². The van der Waals surface area contributed by atoms with Crippen molar-refractivity contribution >= 4 is 30.8 Å². The number of hydrogen-bond acceptors (Lipinski definition) is 2. The molecule has 0 aliphatic rings. The van der Waals surface area contributed by atoms with E-state index in [-0.39, 0.29) is 17.5 Å². The Morgan fingerprint density at radius 3 is 2.28 bits per heavy atom. The van der Waals surface area contributed by atoms with Gasteiger partial charge in [0.1, 0.15) is 11.6 Å². The molecule has 2 aromatic carbocycles. The van der Waals surface area contributed by atoms with Crippen LogP contribution in [0.4, 0.5) is 4.39 Å². The molecule has 4 nitrogen and oxygen atoms in total. The number of rotatable bonds is 6. The molecule has 0 unspecified atom stereocenters. The highest BCUT2D eigenvalue weighted by Crippen LogP contribution is 2.37. The Labute approximate surface area is 155 Å². The van der Waals surface area contributed by atoms with E-state index >= 15 is 0 Å². The second kappa shape index (κ2) is 8.07. The molecule has 0 heterocycles. The summed E-state index contributed by atoms with van der Waals surface area (Å²) < 4.78 is 29.7. The molecule has 0 saturated carbocycles. The lowest BCUT2D eigenvalue weighted by atomic mass is 9.97. The van der Waals surface area contributed by atoms with E-state index in [1.807, 2.05) is 13.8 Å². The van der Waals surface area contributed by atoms with Crippen LogP contribution in [-0.2, 0) is 11.0 Å². The predicted octanol–water partition coefficient (Wildman–Crippen LogP) is 5.36. The van der Waals surface area contributed by atoms with E-state index in [4.69, 9.17) is 37.7 Å². The maximum absolute atomic E-state index is 13.8. The van der Waals surface area contributed by atoms with Crippen LogP contribution >= 0.6 is 30.8 Å². The Hall–Kier alpha value is -1.10. The first-order valence-electron chi connectivity index (χ1n) is 7.50. The first-order chi connectivity index (χ1) is 11.6. The molecular weight excluding hydrogens is 389 g/mol. The van der Waals surface area contributed by atoms with Gasteiger partial charge in [-0.3, -0.25) is 4.57 Å². The van der Waals surface area contributed by atoms with Gasteiger partial charge in [-0.15, -0.1) is 0 Å². The first kappa shape index (κ1) is 20.2. The highest BCUT2D eigenvalue weighted by molar-refractivity contribution is 7.51. The van der Waals surface area contributed by atoms with Crippen molar-refractivity contribution in [2.24, 2.45) is 0 Å². The van der Waals surface area contributed by atoms with Gasteiger partial charge in [-0.25, -0.2) is 4.39 Å². The van der Waals surface area contributed by atoms with Crippen molar-refractivity contribution in [2.75, 3.05) is 6.35 Å². The van der Waals surface area contributed by atoms with Gasteiger partial charge in [-0.1, -0.05) is 49.2 Å². The van der Waals surface area contributed by atoms with Crippen molar-refractivity contribution in [3.05, 3.63) is 62.9 Å². The van der Waals surface area contributed by atoms with E-state index in [9.17, 15) is 8.96 Å². The molecule has 0 aliphatic heterocycles. The average molecular weight is 407 g/mol. The third kappa shape index (κ3) is 5.70. The summed E-state index contributed by atoms with van der Waals surface area (Å²) in [5.74, 6) is -0.0319. The van der Waals surface area contributed by atoms with Crippen LogP contribution in [0.25, 0.3) is 0 Å². The second-order valence-corrected chi connectivity index (χ2v) is 8.39. The van der Waals surface area contributed by atoms with Gasteiger partial charge in [0.2, 0.25) is 0 Å². The lowest BCUT2D eigenvalue weighted by Crippen LogP contribution is -2.00. The third-order valence-electron chi connectivity index (χ3n) is 3.58. The summed E-state index contributed by atoms with van der Waals surface area (Å²) in [4.78, 5) is 17.7. The molecule has 0 radical (unpaired) electrons. The summed E-state index contributed by atoms with van der Waals surface area (Å²) in [6, 6.07) is 7.78. The lowest BCUT2D eigenvalue weighted by Gasteiger charge is -2.13. The fourth-order valence-electron chi connectivity index (χ4n) is 2.34. The van der Waals surface area contributed by atoms with Crippen molar-refractivity contribution in [1.82, 2.24) is 0 Å². The topological polar surface area (TPSA) is 66.8 Å². The van der Waals surface area contributed by atoms with Crippen LogP contribution < -0.4 is 4.74 Å². The predicted molar refractivity (Wildman–Crippen MR) is 97.3 cm³/mol. The number of hydrogen-bond donors (Lipinski definition) is 2. The molecule has 2 N–H and O–H groups in total. The van der Waals surface area contributed by atoms with Gasteiger partial charge in [0.05, 0.1) is 0 Å². The molecule has 0 fully saturated rings. The normalized spacial score (nSPS) is 11.8. The minimum atomic E-state index is -4.29. The molecule has 8 heteroatoms. The van der Waals surface area contributed by atoms with Gasteiger partial charge < -0.3 is 14.5 Å². The zero-order valence-electron chi connectivity index (χ0n) is 13.7. The number of halogens is 3. The van der Waals surface area contributed by atoms with E-state index in [1.165, 1.54) is 18.2 Å². The quantitative estimate of drug-likeness (QED) is 0.633. The van der Waals surface area contributed by atoms with Gasteiger partial charge in [0.25, 0.3) is 0 Å². The highest BCUT2D eigenvalue weighted by atomic mass is 35.5. The molecule has 2 aromatic rings. The van der Waals surface area contributed by atoms with Gasteiger partial charge in [-0.05, 0) is 40.8 Å². The molecule has 0 saturated heterocycles. The van der Waals surface area contributed by atoms with E-state index in [0.717, 1.165) is 5.56 Å². The summed E-state index contributed by atoms with van der Waals surface area (Å²) in [7, 11) is -4.29. The minimum Gasteiger partial charge on any atom is -0.481 e. The van der Waals surface area contributed by atoms with Crippen LogP contribution in [0.2, 0.25) is 10.0 Å². The molecule has 0 aromatic heterocycles. The van der Waals surface area contributed by atoms with Crippen molar-refractivity contribution < 1.29 is 23.5 Å². The maximum Gasteiger partial charge on any atom is 0.362 e. The van der Waals surface area contributed by atoms with Crippen LogP contribution in [-0.4, -0.2) is 16.1 Å². The first-order valence-corrected chi connectivity index (χ1v) is 10.1. The van der Waals surface area contributed by atoms with E-state index < -0.39 is 13.9 Å². The van der Waals surface area contributed by atoms with Crippen LogP contribution in [0, 0.1) is 5.82 Å². The van der Waals surface area contributed by atoms with Crippen molar-refractivity contribution in [1.29, 1.82) is 0 Å². The standard InChI is InChI=1S/C17H18Cl2FO4P/c1-10(2)13-5-11(3-4-17(13)20)6-14-15(18)7-12(8-16(14)19)24-9-25(21,22)23/h3-5,7-8,10H,6,9H2,1-2H3,(H2,21,22,23). The molecule has 0 bridgehead atoms. The molecule has 0 spiro atoms. The molecular formula is C17H18Cl2FO4P. The molecule has 25 heavy (non-hydrogen) atoms. The number of ether oxygens (including phenoxy) is 1. The SMILES string of the molecule is CC(C)c1cc(Cc2c(Cl)cc(OCP(=O)(O)O)cc2Cl)ccc1F. The van der Waals surface area contributed by atoms with E-state index in [0.29, 0.717) is 27.6 Å². The Morgan fingerprint density at radius 2 is 1.76 bits per heavy atom. The van der Waals surface area contributed by atoms with Crippen molar-refractivity contribution in [3.8, 4) is 5.75 Å². The van der Waals surface area contributed by atoms with Crippen molar-refractivity contribution in [2.45, 2.75) is 26.2 Å². The highest BCUT2D eigenvalue weighted by Gasteiger charge is 2.16. The summed E-state index contributed by atoms with van der Waals surface area (Å²) in [5.41, 5.74) is 2.11. The lowest BCUT2D eigenvalue weighted by molar-refractivity contribution is 0.300. The van der Waals surface area contributed by atoms with Crippen LogP contribution in [0.15, 0.2) is 30.3 Å². The monoisotopic (exact) mass is 406 g/mol. The Kier molecular flexibility index (Phi) is 6.52.